The molecule has 0 aromatic carbocycles. The zero-order valence-electron chi connectivity index (χ0n) is 10.8. The van der Waals surface area contributed by atoms with Crippen LogP contribution in [0.25, 0.3) is 0 Å². The Labute approximate surface area is 118 Å². The first-order valence-electron chi connectivity index (χ1n) is 6.42. The Bertz CT molecular complexity index is 430. The molecule has 1 saturated carbocycles. The third-order valence-electron chi connectivity index (χ3n) is 3.35. The highest BCUT2D eigenvalue weighted by Crippen LogP contribution is 2.37. The van der Waals surface area contributed by atoms with Gasteiger partial charge in [-0.15, -0.1) is 0 Å². The van der Waals surface area contributed by atoms with Crippen LogP contribution in [-0.4, -0.2) is 17.1 Å². The van der Waals surface area contributed by atoms with Crippen LogP contribution in [0.1, 0.15) is 39.5 Å². The minimum Gasteiger partial charge on any atom is -0.369 e. The minimum absolute atomic E-state index is 0.131. The number of nitrogens with one attached hydrogen (secondary N) is 2. The molecule has 5 heteroatoms. The average Bonchev–Trinajstić information content (AvgIpc) is 2.29. The highest BCUT2D eigenvalue weighted by Gasteiger charge is 2.32. The van der Waals surface area contributed by atoms with Crippen molar-refractivity contribution in [2.24, 2.45) is 0 Å². The molecule has 0 saturated heterocycles. The second-order valence-electron chi connectivity index (χ2n) is 5.12. The monoisotopic (exact) mass is 287 g/mol. The third-order valence-corrected chi connectivity index (χ3v) is 3.93. The van der Waals surface area contributed by atoms with E-state index in [0.717, 1.165) is 31.6 Å². The maximum atomic E-state index is 6.19. The zero-order valence-corrected chi connectivity index (χ0v) is 12.3. The Hall–Kier alpha value is -0.670. The van der Waals surface area contributed by atoms with E-state index in [9.17, 15) is 0 Å². The summed E-state index contributed by atoms with van der Waals surface area (Å²) in [6.07, 6.45) is 4.60. The molecule has 2 rings (SSSR count). The summed E-state index contributed by atoms with van der Waals surface area (Å²) in [5.41, 5.74) is 0.131. The number of pyridine rings is 1. The largest absolute Gasteiger partial charge is 0.369 e. The van der Waals surface area contributed by atoms with Gasteiger partial charge in [0.2, 0.25) is 0 Å². The molecular formula is C13H19Cl2N3. The SMILES string of the molecule is CCCNc1nc(NC2(C)CCC2)c(Cl)cc1Cl. The van der Waals surface area contributed by atoms with Crippen molar-refractivity contribution < 1.29 is 0 Å². The van der Waals surface area contributed by atoms with E-state index in [2.05, 4.69) is 29.5 Å². The van der Waals surface area contributed by atoms with Crippen molar-refractivity contribution in [1.29, 1.82) is 0 Å². The lowest BCUT2D eigenvalue weighted by Crippen LogP contribution is -2.42. The first-order chi connectivity index (χ1) is 8.54. The fourth-order valence-electron chi connectivity index (χ4n) is 2.04. The number of hydrogen-bond acceptors (Lipinski definition) is 3. The van der Waals surface area contributed by atoms with Crippen LogP contribution in [0.2, 0.25) is 10.0 Å². The maximum Gasteiger partial charge on any atom is 0.147 e. The van der Waals surface area contributed by atoms with Crippen molar-refractivity contribution in [2.75, 3.05) is 17.2 Å². The second kappa shape index (κ2) is 5.54. The fraction of sp³-hybridized carbons (Fsp3) is 0.615. The number of hydrogen-bond donors (Lipinski definition) is 2. The topological polar surface area (TPSA) is 37.0 Å². The molecule has 100 valence electrons. The first-order valence-corrected chi connectivity index (χ1v) is 7.18. The van der Waals surface area contributed by atoms with Crippen molar-refractivity contribution in [2.45, 2.75) is 45.1 Å². The van der Waals surface area contributed by atoms with E-state index in [-0.39, 0.29) is 5.54 Å². The van der Waals surface area contributed by atoms with Crippen molar-refractivity contribution in [3.8, 4) is 0 Å². The van der Waals surface area contributed by atoms with Crippen LogP contribution in [0.4, 0.5) is 11.6 Å². The molecule has 1 aliphatic rings. The summed E-state index contributed by atoms with van der Waals surface area (Å²) < 4.78 is 0. The Morgan fingerprint density at radius 1 is 1.28 bits per heavy atom. The zero-order chi connectivity index (χ0) is 13.2. The normalized spacial score (nSPS) is 17.1. The third kappa shape index (κ3) is 3.01. The van der Waals surface area contributed by atoms with E-state index in [4.69, 9.17) is 23.2 Å². The molecule has 2 N–H and O–H groups in total. The summed E-state index contributed by atoms with van der Waals surface area (Å²) in [4.78, 5) is 4.49. The molecule has 1 aromatic heterocycles. The van der Waals surface area contributed by atoms with Crippen LogP contribution in [0.3, 0.4) is 0 Å². The highest BCUT2D eigenvalue weighted by molar-refractivity contribution is 6.37. The van der Waals surface area contributed by atoms with Gasteiger partial charge in [-0.3, -0.25) is 0 Å². The molecule has 0 amide bonds. The van der Waals surface area contributed by atoms with Gasteiger partial charge in [0.25, 0.3) is 0 Å². The number of rotatable bonds is 5. The van der Waals surface area contributed by atoms with Gasteiger partial charge in [-0.25, -0.2) is 4.98 Å². The van der Waals surface area contributed by atoms with Gasteiger partial charge >= 0.3 is 0 Å². The van der Waals surface area contributed by atoms with Gasteiger partial charge in [-0.05, 0) is 38.7 Å². The minimum atomic E-state index is 0.131. The summed E-state index contributed by atoms with van der Waals surface area (Å²) in [7, 11) is 0. The smallest absolute Gasteiger partial charge is 0.147 e. The van der Waals surface area contributed by atoms with Crippen molar-refractivity contribution in [3.05, 3.63) is 16.1 Å². The summed E-state index contributed by atoms with van der Waals surface area (Å²) in [5, 5.41) is 7.78. The molecule has 0 unspecified atom stereocenters. The van der Waals surface area contributed by atoms with E-state index >= 15 is 0 Å². The van der Waals surface area contributed by atoms with Crippen molar-refractivity contribution in [3.63, 3.8) is 0 Å². The summed E-state index contributed by atoms with van der Waals surface area (Å²) in [5.74, 6) is 1.43. The van der Waals surface area contributed by atoms with Gasteiger partial charge in [0.1, 0.15) is 11.6 Å². The summed E-state index contributed by atoms with van der Waals surface area (Å²) in [6.45, 7) is 5.15. The van der Waals surface area contributed by atoms with Crippen LogP contribution in [0.5, 0.6) is 0 Å². The van der Waals surface area contributed by atoms with Crippen LogP contribution in [0.15, 0.2) is 6.07 Å². The van der Waals surface area contributed by atoms with Crippen molar-refractivity contribution in [1.82, 2.24) is 4.98 Å². The Morgan fingerprint density at radius 3 is 2.50 bits per heavy atom. The molecule has 0 aliphatic heterocycles. The summed E-state index contributed by atoms with van der Waals surface area (Å²) >= 11 is 12.3. The molecule has 0 atom stereocenters. The van der Waals surface area contributed by atoms with Gasteiger partial charge in [-0.1, -0.05) is 30.1 Å². The second-order valence-corrected chi connectivity index (χ2v) is 5.93. The first kappa shape index (κ1) is 13.8. The Kier molecular flexibility index (Phi) is 4.23. The van der Waals surface area contributed by atoms with E-state index in [1.165, 1.54) is 6.42 Å². The van der Waals surface area contributed by atoms with Gasteiger partial charge < -0.3 is 10.6 Å². The number of nitrogens with zero attached hydrogens (tertiary/aromatic N) is 1. The van der Waals surface area contributed by atoms with Crippen LogP contribution in [-0.2, 0) is 0 Å². The fourth-order valence-corrected chi connectivity index (χ4v) is 2.51. The number of aromatic nitrogens is 1. The maximum absolute atomic E-state index is 6.19. The van der Waals surface area contributed by atoms with Gasteiger partial charge in [0.05, 0.1) is 10.0 Å². The van der Waals surface area contributed by atoms with Crippen molar-refractivity contribution >= 4 is 34.8 Å². The average molecular weight is 288 g/mol. The molecule has 18 heavy (non-hydrogen) atoms. The van der Waals surface area contributed by atoms with E-state index in [0.29, 0.717) is 15.9 Å². The summed E-state index contributed by atoms with van der Waals surface area (Å²) in [6, 6.07) is 1.75. The van der Waals surface area contributed by atoms with Crippen LogP contribution >= 0.6 is 23.2 Å². The highest BCUT2D eigenvalue weighted by atomic mass is 35.5. The van der Waals surface area contributed by atoms with E-state index in [1.807, 2.05) is 0 Å². The Morgan fingerprint density at radius 2 is 1.94 bits per heavy atom. The standard InChI is InChI=1S/C13H19Cl2N3/c1-3-7-16-11-9(14)8-10(15)12(17-11)18-13(2)5-4-6-13/h8H,3-7H2,1-2H3,(H2,16,17,18). The Balaban J connectivity index is 2.18. The molecule has 3 nitrogen and oxygen atoms in total. The lowest BCUT2D eigenvalue weighted by atomic mass is 9.78. The van der Waals surface area contributed by atoms with Crippen LogP contribution in [0, 0.1) is 0 Å². The predicted molar refractivity (Wildman–Crippen MR) is 78.9 cm³/mol. The predicted octanol–water partition coefficient (Wildman–Crippen LogP) is 4.56. The van der Waals surface area contributed by atoms with E-state index < -0.39 is 0 Å². The molecule has 1 aliphatic carbocycles. The molecular weight excluding hydrogens is 269 g/mol. The lowest BCUT2D eigenvalue weighted by Gasteiger charge is -2.39. The van der Waals surface area contributed by atoms with Gasteiger partial charge in [0, 0.05) is 12.1 Å². The molecule has 1 fully saturated rings. The molecule has 0 radical (unpaired) electrons. The number of halogens is 2. The van der Waals surface area contributed by atoms with Gasteiger partial charge in [0.15, 0.2) is 0 Å². The van der Waals surface area contributed by atoms with E-state index in [1.54, 1.807) is 6.07 Å². The number of anilines is 2. The molecule has 0 spiro atoms. The van der Waals surface area contributed by atoms with Crippen LogP contribution < -0.4 is 10.6 Å². The van der Waals surface area contributed by atoms with Gasteiger partial charge in [-0.2, -0.15) is 0 Å². The molecule has 1 aromatic rings. The lowest BCUT2D eigenvalue weighted by molar-refractivity contribution is 0.306. The quantitative estimate of drug-likeness (QED) is 0.833. The molecule has 1 heterocycles. The molecule has 0 bridgehead atoms.